The maximum Gasteiger partial charge on any atom is 0.410 e. The fourth-order valence-electron chi connectivity index (χ4n) is 6.30. The first-order valence-corrected chi connectivity index (χ1v) is 19.4. The highest BCUT2D eigenvalue weighted by Gasteiger charge is 2.32. The first kappa shape index (κ1) is 40.6. The predicted molar refractivity (Wildman–Crippen MR) is 193 cm³/mol. The molecule has 0 saturated carbocycles. The molecule has 286 valence electrons. The molecule has 3 amide bonds. The third-order valence-electron chi connectivity index (χ3n) is 9.28. The van der Waals surface area contributed by atoms with Crippen LogP contribution in [0.2, 0.25) is 0 Å². The molecule has 2 atom stereocenters. The molecule has 2 saturated heterocycles. The second-order valence-corrected chi connectivity index (χ2v) is 16.1. The summed E-state index contributed by atoms with van der Waals surface area (Å²) < 4.78 is 45.9. The van der Waals surface area contributed by atoms with Gasteiger partial charge in [-0.25, -0.2) is 4.79 Å². The molecule has 0 radical (unpaired) electrons. The van der Waals surface area contributed by atoms with Crippen LogP contribution in [-0.2, 0) is 38.2 Å². The SMILES string of the molecule is COC(=O)C[C@H](NC(=O)[C@@H]1CCCN(C(=O)CCC2CCN(C(=O)OC(C)(C)C)CC2)C1)c1ccc(OCCOS(=O)(=O)c2ccc(C)cc2)cc1. The van der Waals surface area contributed by atoms with Gasteiger partial charge in [0, 0.05) is 32.6 Å². The zero-order valence-corrected chi connectivity index (χ0v) is 31.7. The number of carbonyl (C=O) groups is 4. The Morgan fingerprint density at radius 2 is 1.58 bits per heavy atom. The van der Waals surface area contributed by atoms with Crippen LogP contribution in [0.4, 0.5) is 4.79 Å². The number of nitrogens with one attached hydrogen (secondary N) is 1. The van der Waals surface area contributed by atoms with E-state index < -0.39 is 33.6 Å². The Labute approximate surface area is 307 Å². The summed E-state index contributed by atoms with van der Waals surface area (Å²) in [4.78, 5) is 55.0. The van der Waals surface area contributed by atoms with Gasteiger partial charge in [-0.15, -0.1) is 0 Å². The number of carbonyl (C=O) groups excluding carboxylic acids is 4. The van der Waals surface area contributed by atoms with E-state index in [0.717, 1.165) is 24.8 Å². The Balaban J connectivity index is 1.24. The summed E-state index contributed by atoms with van der Waals surface area (Å²) in [5.74, 6) is -0.335. The fraction of sp³-hybridized carbons (Fsp3) is 0.579. The number of amides is 3. The third-order valence-corrected chi connectivity index (χ3v) is 10.6. The van der Waals surface area contributed by atoms with Crippen LogP contribution >= 0.6 is 0 Å². The van der Waals surface area contributed by atoms with E-state index in [4.69, 9.17) is 18.4 Å². The molecule has 1 N–H and O–H groups in total. The topological polar surface area (TPSA) is 158 Å². The van der Waals surface area contributed by atoms with Crippen LogP contribution in [0.25, 0.3) is 0 Å². The smallest absolute Gasteiger partial charge is 0.410 e. The highest BCUT2D eigenvalue weighted by Crippen LogP contribution is 2.27. The molecule has 4 rings (SSSR count). The molecule has 52 heavy (non-hydrogen) atoms. The number of piperidine rings is 2. The van der Waals surface area contributed by atoms with E-state index in [1.54, 1.807) is 46.2 Å². The van der Waals surface area contributed by atoms with Crippen LogP contribution in [0.5, 0.6) is 5.75 Å². The number of nitrogens with zero attached hydrogens (tertiary/aromatic N) is 2. The van der Waals surface area contributed by atoms with Gasteiger partial charge in [0.25, 0.3) is 10.1 Å². The van der Waals surface area contributed by atoms with Gasteiger partial charge in [0.05, 0.1) is 30.4 Å². The first-order valence-electron chi connectivity index (χ1n) is 18.0. The van der Waals surface area contributed by atoms with Crippen LogP contribution in [0.3, 0.4) is 0 Å². The number of hydrogen-bond acceptors (Lipinski definition) is 10. The van der Waals surface area contributed by atoms with Crippen molar-refractivity contribution in [3.8, 4) is 5.75 Å². The summed E-state index contributed by atoms with van der Waals surface area (Å²) in [5.41, 5.74) is 1.06. The summed E-state index contributed by atoms with van der Waals surface area (Å²) in [6, 6.07) is 12.5. The minimum atomic E-state index is -3.91. The largest absolute Gasteiger partial charge is 0.491 e. The number of methoxy groups -OCH3 is 1. The molecule has 0 aromatic heterocycles. The number of rotatable bonds is 14. The molecular formula is C38H53N3O10S. The lowest BCUT2D eigenvalue weighted by atomic mass is 9.91. The van der Waals surface area contributed by atoms with Crippen LogP contribution < -0.4 is 10.1 Å². The molecule has 2 aliphatic rings. The highest BCUT2D eigenvalue weighted by molar-refractivity contribution is 7.86. The summed E-state index contributed by atoms with van der Waals surface area (Å²) >= 11 is 0. The van der Waals surface area contributed by atoms with Gasteiger partial charge >= 0.3 is 12.1 Å². The van der Waals surface area contributed by atoms with Crippen LogP contribution in [-0.4, -0.2) is 94.2 Å². The van der Waals surface area contributed by atoms with Crippen molar-refractivity contribution in [1.29, 1.82) is 0 Å². The average Bonchev–Trinajstić information content (AvgIpc) is 3.12. The first-order chi connectivity index (χ1) is 24.6. The molecule has 14 heteroatoms. The van der Waals surface area contributed by atoms with E-state index in [1.165, 1.54) is 19.2 Å². The van der Waals surface area contributed by atoms with Crippen LogP contribution in [0.1, 0.15) is 82.9 Å². The predicted octanol–water partition coefficient (Wildman–Crippen LogP) is 5.17. The van der Waals surface area contributed by atoms with Gasteiger partial charge in [-0.1, -0.05) is 29.8 Å². The number of likely N-dealkylation sites (tertiary alicyclic amines) is 2. The molecule has 0 spiro atoms. The minimum Gasteiger partial charge on any atom is -0.491 e. The van der Waals surface area contributed by atoms with Gasteiger partial charge in [0.1, 0.15) is 24.6 Å². The van der Waals surface area contributed by atoms with E-state index in [2.05, 4.69) is 5.32 Å². The molecule has 2 aliphatic heterocycles. The Morgan fingerprint density at radius 1 is 0.904 bits per heavy atom. The monoisotopic (exact) mass is 743 g/mol. The van der Waals surface area contributed by atoms with E-state index in [0.29, 0.717) is 62.7 Å². The maximum atomic E-state index is 13.5. The van der Waals surface area contributed by atoms with Crippen molar-refractivity contribution in [2.75, 3.05) is 46.5 Å². The van der Waals surface area contributed by atoms with Crippen molar-refractivity contribution in [2.45, 2.75) is 89.2 Å². The molecule has 0 aliphatic carbocycles. The highest BCUT2D eigenvalue weighted by atomic mass is 32.2. The Bertz CT molecular complexity index is 1620. The van der Waals surface area contributed by atoms with Gasteiger partial charge in [-0.05, 0) is 95.5 Å². The molecule has 2 heterocycles. The lowest BCUT2D eigenvalue weighted by Gasteiger charge is -2.35. The van der Waals surface area contributed by atoms with Gasteiger partial charge in [-0.3, -0.25) is 18.6 Å². The number of ether oxygens (including phenoxy) is 3. The van der Waals surface area contributed by atoms with Crippen molar-refractivity contribution < 1.29 is 46.0 Å². The second-order valence-electron chi connectivity index (χ2n) is 14.5. The molecule has 2 aromatic rings. The molecule has 0 unspecified atom stereocenters. The fourth-order valence-corrected chi connectivity index (χ4v) is 7.19. The van der Waals surface area contributed by atoms with Crippen molar-refractivity contribution in [3.05, 3.63) is 59.7 Å². The van der Waals surface area contributed by atoms with E-state index in [9.17, 15) is 27.6 Å². The number of benzene rings is 2. The van der Waals surface area contributed by atoms with Crippen molar-refractivity contribution >= 4 is 34.0 Å². The summed E-state index contributed by atoms with van der Waals surface area (Å²) in [5, 5.41) is 3.00. The van der Waals surface area contributed by atoms with Crippen molar-refractivity contribution in [3.63, 3.8) is 0 Å². The van der Waals surface area contributed by atoms with Crippen LogP contribution in [0.15, 0.2) is 53.4 Å². The number of hydrogen-bond donors (Lipinski definition) is 1. The quantitative estimate of drug-likeness (QED) is 0.156. The molecular weight excluding hydrogens is 690 g/mol. The Hall–Kier alpha value is -4.17. The normalized spacial score (nSPS) is 17.6. The van der Waals surface area contributed by atoms with E-state index in [-0.39, 0.29) is 42.4 Å². The lowest BCUT2D eigenvalue weighted by molar-refractivity contribution is -0.141. The Morgan fingerprint density at radius 3 is 2.21 bits per heavy atom. The van der Waals surface area contributed by atoms with Crippen molar-refractivity contribution in [2.24, 2.45) is 11.8 Å². The van der Waals surface area contributed by atoms with Gasteiger partial charge in [0.2, 0.25) is 11.8 Å². The summed E-state index contributed by atoms with van der Waals surface area (Å²) in [6.07, 6.45) is 3.69. The zero-order chi connectivity index (χ0) is 37.9. The maximum absolute atomic E-state index is 13.5. The molecule has 0 bridgehead atoms. The number of esters is 1. The lowest BCUT2D eigenvalue weighted by Crippen LogP contribution is -2.46. The van der Waals surface area contributed by atoms with E-state index in [1.807, 2.05) is 27.7 Å². The summed E-state index contributed by atoms with van der Waals surface area (Å²) in [6.45, 7) is 9.33. The van der Waals surface area contributed by atoms with Gasteiger partial charge in [-0.2, -0.15) is 8.42 Å². The average molecular weight is 744 g/mol. The van der Waals surface area contributed by atoms with Crippen molar-refractivity contribution in [1.82, 2.24) is 15.1 Å². The molecule has 2 fully saturated rings. The minimum absolute atomic E-state index is 0.0168. The van der Waals surface area contributed by atoms with Gasteiger partial charge < -0.3 is 29.3 Å². The third kappa shape index (κ3) is 12.5. The second kappa shape index (κ2) is 18.5. The molecule has 13 nitrogen and oxygen atoms in total. The Kier molecular flexibility index (Phi) is 14.5. The van der Waals surface area contributed by atoms with Gasteiger partial charge in [0.15, 0.2) is 0 Å². The standard InChI is InChI=1S/C38H53N3O10S/c1-27-8-15-32(16-9-27)52(46,47)50-24-23-49-31-13-11-29(12-14-31)33(25-35(43)48-5)39-36(44)30-7-6-20-41(26-30)34(42)17-10-28-18-21-40(22-19-28)37(45)51-38(2,3)4/h8-9,11-16,28,30,33H,6-7,10,17-26H2,1-5H3,(H,39,44)/t30-,33+/m1/s1. The van der Waals surface area contributed by atoms with Crippen LogP contribution in [0, 0.1) is 18.8 Å². The zero-order valence-electron chi connectivity index (χ0n) is 30.9. The molecule has 2 aromatic carbocycles. The van der Waals surface area contributed by atoms with E-state index >= 15 is 0 Å². The number of aryl methyl sites for hydroxylation is 1. The summed E-state index contributed by atoms with van der Waals surface area (Å²) in [7, 11) is -2.62.